The van der Waals surface area contributed by atoms with E-state index in [9.17, 15) is 4.79 Å². The predicted octanol–water partition coefficient (Wildman–Crippen LogP) is 1.80. The Morgan fingerprint density at radius 1 is 1.20 bits per heavy atom. The average molecular weight is 271 g/mol. The highest BCUT2D eigenvalue weighted by Crippen LogP contribution is 2.22. The average Bonchev–Trinajstić information content (AvgIpc) is 2.45. The number of nitrogens with two attached hydrogens (primary N) is 1. The molecule has 0 spiro atoms. The number of rotatable bonds is 6. The lowest BCUT2D eigenvalue weighted by Crippen LogP contribution is -2.32. The molecule has 1 aromatic carbocycles. The summed E-state index contributed by atoms with van der Waals surface area (Å²) in [5.41, 5.74) is 8.38. The lowest BCUT2D eigenvalue weighted by Gasteiger charge is -2.24. The van der Waals surface area contributed by atoms with E-state index in [0.717, 1.165) is 17.7 Å². The van der Waals surface area contributed by atoms with E-state index >= 15 is 0 Å². The molecule has 0 saturated heterocycles. The molecule has 0 radical (unpaired) electrons. The van der Waals surface area contributed by atoms with Crippen LogP contribution in [0.15, 0.2) is 48.8 Å². The minimum absolute atomic E-state index is 0.0701. The summed E-state index contributed by atoms with van der Waals surface area (Å²) in [6, 6.07) is 11.1. The maximum absolute atomic E-state index is 11.0. The summed E-state index contributed by atoms with van der Waals surface area (Å²) in [6.07, 6.45) is 4.20. The van der Waals surface area contributed by atoms with Gasteiger partial charge >= 0.3 is 5.97 Å². The minimum Gasteiger partial charge on any atom is -0.480 e. The first-order chi connectivity index (χ1) is 9.66. The van der Waals surface area contributed by atoms with Crippen molar-refractivity contribution in [3.05, 3.63) is 54.4 Å². The van der Waals surface area contributed by atoms with E-state index < -0.39 is 5.97 Å². The molecule has 1 aromatic heterocycles. The number of nitrogen functional groups attached to an aromatic ring is 1. The Bertz CT molecular complexity index is 572. The zero-order chi connectivity index (χ0) is 14.4. The molecule has 0 aliphatic heterocycles. The topological polar surface area (TPSA) is 79.5 Å². The molecule has 2 aromatic rings. The smallest absolute Gasteiger partial charge is 0.323 e. The van der Waals surface area contributed by atoms with Crippen LogP contribution in [-0.2, 0) is 11.2 Å². The molecule has 1 heterocycles. The minimum atomic E-state index is -0.872. The summed E-state index contributed by atoms with van der Waals surface area (Å²) in [5.74, 6) is -0.872. The molecule has 0 atom stereocenters. The Balaban J connectivity index is 2.12. The maximum atomic E-state index is 11.0. The summed E-state index contributed by atoms with van der Waals surface area (Å²) < 4.78 is 0. The number of carboxylic acids is 1. The molecule has 0 unspecified atom stereocenters. The number of anilines is 2. The fourth-order valence-electron chi connectivity index (χ4n) is 2.04. The molecule has 3 N–H and O–H groups in total. The van der Waals surface area contributed by atoms with Crippen molar-refractivity contribution in [1.82, 2.24) is 4.98 Å². The zero-order valence-electron chi connectivity index (χ0n) is 11.1. The summed E-state index contributed by atoms with van der Waals surface area (Å²) in [7, 11) is 0. The number of hydrogen-bond acceptors (Lipinski definition) is 4. The monoisotopic (exact) mass is 271 g/mol. The standard InChI is InChI=1S/C15H17N3O2/c16-13-3-1-2-4-14(13)18(11-15(19)20)10-7-12-5-8-17-9-6-12/h1-6,8-9H,7,10-11,16H2,(H,19,20). The van der Waals surface area contributed by atoms with Crippen LogP contribution in [0.25, 0.3) is 0 Å². The first-order valence-corrected chi connectivity index (χ1v) is 6.37. The SMILES string of the molecule is Nc1ccccc1N(CCc1ccncc1)CC(=O)O. The molecule has 0 aliphatic rings. The molecule has 0 fully saturated rings. The Morgan fingerprint density at radius 3 is 2.55 bits per heavy atom. The van der Waals surface area contributed by atoms with Crippen molar-refractivity contribution >= 4 is 17.3 Å². The Morgan fingerprint density at radius 2 is 1.90 bits per heavy atom. The summed E-state index contributed by atoms with van der Waals surface area (Å²) in [4.78, 5) is 16.8. The van der Waals surface area contributed by atoms with Crippen LogP contribution in [0.1, 0.15) is 5.56 Å². The van der Waals surface area contributed by atoms with Gasteiger partial charge in [0.05, 0.1) is 11.4 Å². The lowest BCUT2D eigenvalue weighted by atomic mass is 10.1. The molecule has 104 valence electrons. The van der Waals surface area contributed by atoms with Crippen LogP contribution in [0, 0.1) is 0 Å². The van der Waals surface area contributed by atoms with Crippen molar-refractivity contribution in [2.75, 3.05) is 23.7 Å². The van der Waals surface area contributed by atoms with Gasteiger partial charge in [0.1, 0.15) is 6.54 Å². The molecule has 0 bridgehead atoms. The quantitative estimate of drug-likeness (QED) is 0.783. The molecule has 2 rings (SSSR count). The number of aliphatic carboxylic acids is 1. The van der Waals surface area contributed by atoms with Crippen LogP contribution in [-0.4, -0.2) is 29.1 Å². The molecular weight excluding hydrogens is 254 g/mol. The van der Waals surface area contributed by atoms with Crippen molar-refractivity contribution in [3.63, 3.8) is 0 Å². The first-order valence-electron chi connectivity index (χ1n) is 6.37. The lowest BCUT2D eigenvalue weighted by molar-refractivity contribution is -0.135. The summed E-state index contributed by atoms with van der Waals surface area (Å²) in [6.45, 7) is 0.518. The summed E-state index contributed by atoms with van der Waals surface area (Å²) in [5, 5.41) is 9.04. The van der Waals surface area contributed by atoms with E-state index in [0.29, 0.717) is 12.2 Å². The van der Waals surface area contributed by atoms with Gasteiger partial charge in [0, 0.05) is 18.9 Å². The van der Waals surface area contributed by atoms with Crippen LogP contribution in [0.4, 0.5) is 11.4 Å². The Kier molecular flexibility index (Phi) is 4.55. The van der Waals surface area contributed by atoms with Gasteiger partial charge in [-0.05, 0) is 36.2 Å². The van der Waals surface area contributed by atoms with Gasteiger partial charge in [0.2, 0.25) is 0 Å². The maximum Gasteiger partial charge on any atom is 0.323 e. The number of carboxylic acid groups (broad SMARTS) is 1. The first kappa shape index (κ1) is 13.9. The van der Waals surface area contributed by atoms with Gasteiger partial charge in [0.15, 0.2) is 0 Å². The van der Waals surface area contributed by atoms with Crippen LogP contribution < -0.4 is 10.6 Å². The van der Waals surface area contributed by atoms with Gasteiger partial charge in [-0.25, -0.2) is 0 Å². The van der Waals surface area contributed by atoms with E-state index in [1.165, 1.54) is 0 Å². The van der Waals surface area contributed by atoms with Crippen LogP contribution >= 0.6 is 0 Å². The number of carbonyl (C=O) groups is 1. The molecule has 0 amide bonds. The molecule has 5 heteroatoms. The third-order valence-electron chi connectivity index (χ3n) is 3.02. The number of para-hydroxylation sites is 2. The van der Waals surface area contributed by atoms with Crippen molar-refractivity contribution in [2.45, 2.75) is 6.42 Å². The molecule has 0 aliphatic carbocycles. The number of aromatic nitrogens is 1. The van der Waals surface area contributed by atoms with Gasteiger partial charge in [-0.1, -0.05) is 12.1 Å². The van der Waals surface area contributed by atoms with E-state index in [2.05, 4.69) is 4.98 Å². The number of hydrogen-bond donors (Lipinski definition) is 2. The number of nitrogens with zero attached hydrogens (tertiary/aromatic N) is 2. The van der Waals surface area contributed by atoms with Crippen molar-refractivity contribution in [1.29, 1.82) is 0 Å². The Labute approximate surface area is 117 Å². The van der Waals surface area contributed by atoms with Crippen LogP contribution in [0.3, 0.4) is 0 Å². The highest BCUT2D eigenvalue weighted by molar-refractivity contribution is 5.77. The Hall–Kier alpha value is -2.56. The van der Waals surface area contributed by atoms with E-state index in [1.54, 1.807) is 23.4 Å². The normalized spacial score (nSPS) is 10.2. The van der Waals surface area contributed by atoms with Gasteiger partial charge in [-0.2, -0.15) is 0 Å². The second kappa shape index (κ2) is 6.56. The summed E-state index contributed by atoms with van der Waals surface area (Å²) >= 11 is 0. The van der Waals surface area contributed by atoms with Crippen molar-refractivity contribution in [3.8, 4) is 0 Å². The third kappa shape index (κ3) is 3.71. The number of benzene rings is 1. The largest absolute Gasteiger partial charge is 0.480 e. The molecular formula is C15H17N3O2. The van der Waals surface area contributed by atoms with E-state index in [4.69, 9.17) is 10.8 Å². The third-order valence-corrected chi connectivity index (χ3v) is 3.02. The highest BCUT2D eigenvalue weighted by Gasteiger charge is 2.12. The highest BCUT2D eigenvalue weighted by atomic mass is 16.4. The fraction of sp³-hybridized carbons (Fsp3) is 0.200. The zero-order valence-corrected chi connectivity index (χ0v) is 11.1. The molecule has 5 nitrogen and oxygen atoms in total. The fourth-order valence-corrected chi connectivity index (χ4v) is 2.04. The van der Waals surface area contributed by atoms with E-state index in [1.807, 2.05) is 30.3 Å². The second-order valence-corrected chi connectivity index (χ2v) is 4.48. The van der Waals surface area contributed by atoms with Gasteiger partial charge in [-0.3, -0.25) is 9.78 Å². The van der Waals surface area contributed by atoms with E-state index in [-0.39, 0.29) is 6.54 Å². The van der Waals surface area contributed by atoms with Crippen LogP contribution in [0.5, 0.6) is 0 Å². The van der Waals surface area contributed by atoms with Crippen molar-refractivity contribution in [2.24, 2.45) is 0 Å². The van der Waals surface area contributed by atoms with Gasteiger partial charge in [0.25, 0.3) is 0 Å². The van der Waals surface area contributed by atoms with Gasteiger partial charge < -0.3 is 15.7 Å². The molecule has 0 saturated carbocycles. The van der Waals surface area contributed by atoms with Gasteiger partial charge in [-0.15, -0.1) is 0 Å². The second-order valence-electron chi connectivity index (χ2n) is 4.48. The predicted molar refractivity (Wildman–Crippen MR) is 78.6 cm³/mol. The van der Waals surface area contributed by atoms with Crippen molar-refractivity contribution < 1.29 is 9.90 Å². The van der Waals surface area contributed by atoms with Crippen LogP contribution in [0.2, 0.25) is 0 Å². The number of pyridine rings is 1. The molecule has 20 heavy (non-hydrogen) atoms.